The van der Waals surface area contributed by atoms with Gasteiger partial charge in [0.1, 0.15) is 12.7 Å². The number of allylic oxidation sites excluding steroid dienone is 18. The summed E-state index contributed by atoms with van der Waals surface area (Å²) in [5.41, 5.74) is 0. The lowest BCUT2D eigenvalue weighted by Crippen LogP contribution is -2.27. The Morgan fingerprint density at radius 1 is 0.585 bits per heavy atom. The summed E-state index contributed by atoms with van der Waals surface area (Å²) < 4.78 is 26.7. The lowest BCUT2D eigenvalue weighted by atomic mass is 10.1. The van der Waals surface area contributed by atoms with Gasteiger partial charge in [0.25, 0.3) is 0 Å². The van der Waals surface area contributed by atoms with E-state index in [0.29, 0.717) is 12.8 Å². The fraction of sp³-hybridized carbons (Fsp3) is 0.535. The average Bonchev–Trinajstić information content (AvgIpc) is 3.14. The van der Waals surface area contributed by atoms with E-state index in [1.165, 1.54) is 0 Å². The second-order valence-electron chi connectivity index (χ2n) is 12.1. The zero-order chi connectivity index (χ0) is 38.9. The maximum absolute atomic E-state index is 12.1. The van der Waals surface area contributed by atoms with E-state index in [2.05, 4.69) is 116 Å². The predicted octanol–water partition coefficient (Wildman–Crippen LogP) is 10.4. The molecule has 3 N–H and O–H groups in total. The number of esters is 1. The number of rotatable bonds is 34. The SMILES string of the molecule is CC/C=C\C/C=C\C/C=C\C/C=C\C/C=C\C/C=C\CCC(=O)NCCOP(=O)(O)OCC(O)COC(=O)CCCCC/C=C\C/C=C\C/C=C\CC. The van der Waals surface area contributed by atoms with Crippen LogP contribution in [0.25, 0.3) is 0 Å². The molecular formula is C43H68NO8P. The first-order valence-corrected chi connectivity index (χ1v) is 20.9. The number of carbonyl (C=O) groups is 2. The number of amides is 1. The molecule has 0 aromatic rings. The molecule has 1 amide bonds. The van der Waals surface area contributed by atoms with E-state index in [0.717, 1.165) is 77.0 Å². The fourth-order valence-electron chi connectivity index (χ4n) is 4.36. The zero-order valence-corrected chi connectivity index (χ0v) is 33.3. The summed E-state index contributed by atoms with van der Waals surface area (Å²) in [4.78, 5) is 33.7. The van der Waals surface area contributed by atoms with Crippen LogP contribution in [0.1, 0.15) is 117 Å². The van der Waals surface area contributed by atoms with E-state index in [-0.39, 0.29) is 38.5 Å². The third kappa shape index (κ3) is 39.7. The number of nitrogens with one attached hydrogen (secondary N) is 1. The van der Waals surface area contributed by atoms with Crippen LogP contribution in [0.3, 0.4) is 0 Å². The van der Waals surface area contributed by atoms with Gasteiger partial charge in [0.15, 0.2) is 0 Å². The number of ether oxygens (including phenoxy) is 1. The number of phosphoric ester groups is 1. The van der Waals surface area contributed by atoms with Gasteiger partial charge in [-0.3, -0.25) is 18.6 Å². The number of hydrogen-bond acceptors (Lipinski definition) is 7. The molecule has 10 heteroatoms. The quantitative estimate of drug-likeness (QED) is 0.0256. The Labute approximate surface area is 320 Å². The molecule has 0 saturated heterocycles. The summed E-state index contributed by atoms with van der Waals surface area (Å²) in [5.74, 6) is -0.646. The first-order chi connectivity index (χ1) is 25.8. The van der Waals surface area contributed by atoms with Crippen molar-refractivity contribution in [3.05, 3.63) is 109 Å². The van der Waals surface area contributed by atoms with Gasteiger partial charge < -0.3 is 20.1 Å². The molecule has 0 spiro atoms. The van der Waals surface area contributed by atoms with Crippen LogP contribution in [-0.4, -0.2) is 54.3 Å². The Morgan fingerprint density at radius 2 is 1.04 bits per heavy atom. The fourth-order valence-corrected chi connectivity index (χ4v) is 5.11. The van der Waals surface area contributed by atoms with Crippen molar-refractivity contribution >= 4 is 19.7 Å². The number of phosphoric acid groups is 1. The summed E-state index contributed by atoms with van der Waals surface area (Å²) in [6.07, 6.45) is 50.4. The molecule has 0 saturated carbocycles. The van der Waals surface area contributed by atoms with Crippen LogP contribution < -0.4 is 5.32 Å². The lowest BCUT2D eigenvalue weighted by molar-refractivity contribution is -0.147. The van der Waals surface area contributed by atoms with Gasteiger partial charge in [-0.25, -0.2) is 4.57 Å². The Morgan fingerprint density at radius 3 is 1.53 bits per heavy atom. The highest BCUT2D eigenvalue weighted by Gasteiger charge is 2.23. The van der Waals surface area contributed by atoms with Crippen molar-refractivity contribution in [3.63, 3.8) is 0 Å². The molecule has 0 aliphatic heterocycles. The van der Waals surface area contributed by atoms with Crippen LogP contribution in [0, 0.1) is 0 Å². The van der Waals surface area contributed by atoms with E-state index in [1.54, 1.807) is 0 Å². The molecule has 0 fully saturated rings. The standard InChI is InChI=1S/C43H68NO8P/c1-3-5-7-9-11-13-15-17-18-19-20-21-22-24-25-27-29-31-33-35-42(46)44-37-38-51-53(48,49)52-40-41(45)39-50-43(47)36-34-32-30-28-26-23-16-14-12-10-8-6-4-2/h5-8,11-14,17-18,20-21,23-26,29,31,41,45H,3-4,9-10,15-16,19,22,27-28,30,32-40H2,1-2H3,(H,44,46)(H,48,49)/b7-5-,8-6-,13-11-,14-12-,18-17-,21-20-,25-24-,26-23-,31-29-. The molecule has 0 aromatic carbocycles. The smallest absolute Gasteiger partial charge is 0.463 e. The van der Waals surface area contributed by atoms with Crippen molar-refractivity contribution in [1.82, 2.24) is 5.32 Å². The molecule has 0 rings (SSSR count). The lowest BCUT2D eigenvalue weighted by Gasteiger charge is -2.15. The number of aliphatic hydroxyl groups excluding tert-OH is 1. The van der Waals surface area contributed by atoms with Gasteiger partial charge in [-0.1, -0.05) is 130 Å². The van der Waals surface area contributed by atoms with Gasteiger partial charge in [0.05, 0.1) is 13.2 Å². The maximum atomic E-state index is 12.1. The van der Waals surface area contributed by atoms with Crippen molar-refractivity contribution < 1.29 is 37.9 Å². The van der Waals surface area contributed by atoms with E-state index in [9.17, 15) is 24.2 Å². The minimum absolute atomic E-state index is 0.0293. The first-order valence-electron chi connectivity index (χ1n) is 19.4. The molecule has 2 atom stereocenters. The van der Waals surface area contributed by atoms with Gasteiger partial charge in [0.2, 0.25) is 5.91 Å². The van der Waals surface area contributed by atoms with Gasteiger partial charge in [-0.2, -0.15) is 0 Å². The molecule has 0 bridgehead atoms. The first kappa shape index (κ1) is 49.7. The van der Waals surface area contributed by atoms with E-state index in [4.69, 9.17) is 13.8 Å². The van der Waals surface area contributed by atoms with Gasteiger partial charge >= 0.3 is 13.8 Å². The monoisotopic (exact) mass is 757 g/mol. The van der Waals surface area contributed by atoms with Crippen LogP contribution in [0.5, 0.6) is 0 Å². The largest absolute Gasteiger partial charge is 0.472 e. The van der Waals surface area contributed by atoms with Crippen LogP contribution in [0.15, 0.2) is 109 Å². The normalized spacial score (nSPS) is 14.6. The molecule has 53 heavy (non-hydrogen) atoms. The molecule has 2 unspecified atom stereocenters. The summed E-state index contributed by atoms with van der Waals surface area (Å²) in [7, 11) is -4.45. The number of unbranched alkanes of at least 4 members (excludes halogenated alkanes) is 3. The van der Waals surface area contributed by atoms with Crippen LogP contribution in [0.4, 0.5) is 0 Å². The van der Waals surface area contributed by atoms with Crippen LogP contribution in [0.2, 0.25) is 0 Å². The van der Waals surface area contributed by atoms with E-state index >= 15 is 0 Å². The Kier molecular flexibility index (Phi) is 36.0. The van der Waals surface area contributed by atoms with Crippen LogP contribution in [-0.2, 0) is 27.9 Å². The van der Waals surface area contributed by atoms with Gasteiger partial charge in [-0.05, 0) is 83.5 Å². The molecule has 0 heterocycles. The van der Waals surface area contributed by atoms with Crippen LogP contribution >= 0.6 is 7.82 Å². The summed E-state index contributed by atoms with van der Waals surface area (Å²) in [6, 6.07) is 0. The van der Waals surface area contributed by atoms with E-state index < -0.39 is 26.5 Å². The van der Waals surface area contributed by atoms with Crippen molar-refractivity contribution in [2.45, 2.75) is 123 Å². The second kappa shape index (κ2) is 38.4. The number of aliphatic hydroxyl groups is 1. The van der Waals surface area contributed by atoms with E-state index in [1.807, 2.05) is 12.2 Å². The molecule has 0 aromatic heterocycles. The van der Waals surface area contributed by atoms with Gasteiger partial charge in [-0.15, -0.1) is 0 Å². The topological polar surface area (TPSA) is 131 Å². The Bertz CT molecular complexity index is 1230. The highest BCUT2D eigenvalue weighted by atomic mass is 31.2. The summed E-state index contributed by atoms with van der Waals surface area (Å²) in [6.45, 7) is 3.15. The van der Waals surface area contributed by atoms with Crippen molar-refractivity contribution in [2.75, 3.05) is 26.4 Å². The highest BCUT2D eigenvalue weighted by molar-refractivity contribution is 7.47. The summed E-state index contributed by atoms with van der Waals surface area (Å²) >= 11 is 0. The average molecular weight is 758 g/mol. The Hall–Kier alpha value is -3.33. The highest BCUT2D eigenvalue weighted by Crippen LogP contribution is 2.42. The molecule has 0 radical (unpaired) electrons. The Balaban J connectivity index is 3.80. The number of carbonyl (C=O) groups excluding carboxylic acids is 2. The zero-order valence-electron chi connectivity index (χ0n) is 32.4. The third-order valence-corrected chi connectivity index (χ3v) is 8.20. The molecule has 0 aliphatic rings. The minimum Gasteiger partial charge on any atom is -0.463 e. The third-order valence-electron chi connectivity index (χ3n) is 7.21. The molecule has 9 nitrogen and oxygen atoms in total. The molecular weight excluding hydrogens is 689 g/mol. The van der Waals surface area contributed by atoms with Crippen molar-refractivity contribution in [1.29, 1.82) is 0 Å². The second-order valence-corrected chi connectivity index (χ2v) is 13.6. The summed E-state index contributed by atoms with van der Waals surface area (Å²) in [5, 5.41) is 12.6. The number of hydrogen-bond donors (Lipinski definition) is 3. The van der Waals surface area contributed by atoms with Crippen molar-refractivity contribution in [2.24, 2.45) is 0 Å². The molecule has 0 aliphatic carbocycles. The van der Waals surface area contributed by atoms with Crippen molar-refractivity contribution in [3.8, 4) is 0 Å². The van der Waals surface area contributed by atoms with Gasteiger partial charge in [0, 0.05) is 19.4 Å². The maximum Gasteiger partial charge on any atom is 0.472 e. The predicted molar refractivity (Wildman–Crippen MR) is 219 cm³/mol. The minimum atomic E-state index is -4.45. The molecule has 298 valence electrons.